The highest BCUT2D eigenvalue weighted by atomic mass is 79.9. The Kier molecular flexibility index (Phi) is 2.74. The van der Waals surface area contributed by atoms with Gasteiger partial charge in [0.2, 0.25) is 0 Å². The van der Waals surface area contributed by atoms with Gasteiger partial charge in [-0.15, -0.1) is 11.3 Å². The predicted molar refractivity (Wildman–Crippen MR) is 63.1 cm³/mol. The first kappa shape index (κ1) is 9.65. The van der Waals surface area contributed by atoms with Crippen molar-refractivity contribution in [3.05, 3.63) is 32.0 Å². The number of hydrogen-bond acceptors (Lipinski definition) is 2. The summed E-state index contributed by atoms with van der Waals surface area (Å²) in [5.41, 5.74) is 0.932. The Morgan fingerprint density at radius 3 is 2.77 bits per heavy atom. The molecule has 0 saturated carbocycles. The van der Waals surface area contributed by atoms with E-state index in [0.717, 1.165) is 13.8 Å². The molecule has 1 nitrogen and oxygen atoms in total. The van der Waals surface area contributed by atoms with Crippen molar-refractivity contribution >= 4 is 53.3 Å². The number of aliphatic hydroxyl groups is 1. The molecule has 0 aliphatic carbocycles. The van der Waals surface area contributed by atoms with Crippen LogP contribution >= 0.6 is 43.2 Å². The van der Waals surface area contributed by atoms with Gasteiger partial charge >= 0.3 is 0 Å². The van der Waals surface area contributed by atoms with Crippen molar-refractivity contribution in [3.8, 4) is 0 Å². The van der Waals surface area contributed by atoms with Crippen LogP contribution in [0.5, 0.6) is 0 Å². The van der Waals surface area contributed by atoms with E-state index in [1.54, 1.807) is 11.3 Å². The highest BCUT2D eigenvalue weighted by Crippen LogP contribution is 2.36. The van der Waals surface area contributed by atoms with Gasteiger partial charge in [0.25, 0.3) is 0 Å². The maximum absolute atomic E-state index is 9.05. The summed E-state index contributed by atoms with van der Waals surface area (Å²) in [4.78, 5) is 0. The first-order valence-electron chi connectivity index (χ1n) is 3.69. The van der Waals surface area contributed by atoms with Gasteiger partial charge in [0.15, 0.2) is 0 Å². The summed E-state index contributed by atoms with van der Waals surface area (Å²) in [6, 6.07) is 6.03. The number of rotatable bonds is 1. The summed E-state index contributed by atoms with van der Waals surface area (Å²) in [6.07, 6.45) is 0. The largest absolute Gasteiger partial charge is 0.392 e. The molecule has 2 aromatic rings. The van der Waals surface area contributed by atoms with Crippen LogP contribution in [0.2, 0.25) is 0 Å². The van der Waals surface area contributed by atoms with Crippen LogP contribution in [0.15, 0.2) is 26.5 Å². The van der Waals surface area contributed by atoms with Crippen LogP contribution < -0.4 is 0 Å². The molecule has 0 radical (unpaired) electrons. The predicted octanol–water partition coefficient (Wildman–Crippen LogP) is 3.92. The van der Waals surface area contributed by atoms with E-state index < -0.39 is 0 Å². The van der Waals surface area contributed by atoms with E-state index in [9.17, 15) is 0 Å². The normalized spacial score (nSPS) is 11.0. The third-order valence-electron chi connectivity index (χ3n) is 1.85. The second-order valence-corrected chi connectivity index (χ2v) is 5.89. The second kappa shape index (κ2) is 3.69. The third kappa shape index (κ3) is 1.68. The van der Waals surface area contributed by atoms with Crippen molar-refractivity contribution in [2.75, 3.05) is 0 Å². The van der Waals surface area contributed by atoms with Gasteiger partial charge in [-0.05, 0) is 48.9 Å². The van der Waals surface area contributed by atoms with Gasteiger partial charge in [0, 0.05) is 4.47 Å². The van der Waals surface area contributed by atoms with Crippen molar-refractivity contribution in [1.29, 1.82) is 0 Å². The van der Waals surface area contributed by atoms with E-state index in [-0.39, 0.29) is 6.61 Å². The van der Waals surface area contributed by atoms with Crippen LogP contribution in [-0.4, -0.2) is 5.11 Å². The molecule has 0 atom stereocenters. The maximum atomic E-state index is 9.05. The van der Waals surface area contributed by atoms with Crippen molar-refractivity contribution in [2.45, 2.75) is 6.61 Å². The van der Waals surface area contributed by atoms with Crippen molar-refractivity contribution < 1.29 is 5.11 Å². The lowest BCUT2D eigenvalue weighted by Gasteiger charge is -2.00. The molecule has 0 aliphatic heterocycles. The Balaban J connectivity index is 2.78. The quantitative estimate of drug-likeness (QED) is 0.844. The van der Waals surface area contributed by atoms with Gasteiger partial charge < -0.3 is 5.11 Å². The monoisotopic (exact) mass is 320 g/mol. The molecule has 13 heavy (non-hydrogen) atoms. The minimum Gasteiger partial charge on any atom is -0.392 e. The fraction of sp³-hybridized carbons (Fsp3) is 0.111. The lowest BCUT2D eigenvalue weighted by molar-refractivity contribution is 0.281. The first-order valence-corrected chi connectivity index (χ1v) is 6.10. The Morgan fingerprint density at radius 1 is 1.31 bits per heavy atom. The van der Waals surface area contributed by atoms with Crippen LogP contribution in [0.4, 0.5) is 0 Å². The van der Waals surface area contributed by atoms with E-state index in [0.29, 0.717) is 0 Å². The zero-order valence-corrected chi connectivity index (χ0v) is 10.5. The van der Waals surface area contributed by atoms with Gasteiger partial charge in [-0.2, -0.15) is 0 Å². The molecule has 0 bridgehead atoms. The standard InChI is InChI=1S/C9H6Br2OS/c10-7-3-5-1-2-6(4-12)8(11)9(5)13-7/h1-3,12H,4H2. The smallest absolute Gasteiger partial charge is 0.0711 e. The molecule has 0 aliphatic rings. The Labute approximate surface area is 96.6 Å². The molecule has 1 aromatic carbocycles. The Morgan fingerprint density at radius 2 is 2.08 bits per heavy atom. The summed E-state index contributed by atoms with van der Waals surface area (Å²) in [5.74, 6) is 0. The first-order chi connectivity index (χ1) is 6.22. The van der Waals surface area contributed by atoms with E-state index in [1.165, 1.54) is 10.1 Å². The topological polar surface area (TPSA) is 20.2 Å². The summed E-state index contributed by atoms with van der Waals surface area (Å²) < 4.78 is 3.29. The number of halogens is 2. The van der Waals surface area contributed by atoms with E-state index in [1.807, 2.05) is 12.1 Å². The molecule has 0 fully saturated rings. The summed E-state index contributed by atoms with van der Waals surface area (Å²) in [5, 5.41) is 10.2. The van der Waals surface area contributed by atoms with Crippen molar-refractivity contribution in [1.82, 2.24) is 0 Å². The minimum absolute atomic E-state index is 0.0754. The third-order valence-corrected chi connectivity index (χ3v) is 4.69. The molecular weight excluding hydrogens is 316 g/mol. The van der Waals surface area contributed by atoms with Crippen molar-refractivity contribution in [3.63, 3.8) is 0 Å². The summed E-state index contributed by atoms with van der Waals surface area (Å²) >= 11 is 8.59. The molecule has 0 spiro atoms. The molecule has 68 valence electrons. The average Bonchev–Trinajstić information content (AvgIpc) is 2.47. The van der Waals surface area contributed by atoms with Crippen molar-refractivity contribution in [2.24, 2.45) is 0 Å². The summed E-state index contributed by atoms with van der Waals surface area (Å²) in [6.45, 7) is 0.0754. The zero-order valence-electron chi connectivity index (χ0n) is 6.55. The number of hydrogen-bond donors (Lipinski definition) is 1. The Bertz CT molecular complexity index is 450. The summed E-state index contributed by atoms with van der Waals surface area (Å²) in [7, 11) is 0. The lowest BCUT2D eigenvalue weighted by Crippen LogP contribution is -1.83. The number of benzene rings is 1. The molecule has 1 aromatic heterocycles. The van der Waals surface area contributed by atoms with Gasteiger partial charge in [0.05, 0.1) is 15.1 Å². The SMILES string of the molecule is OCc1ccc2cc(Br)sc2c1Br. The highest BCUT2D eigenvalue weighted by Gasteiger charge is 2.06. The van der Waals surface area contributed by atoms with Gasteiger partial charge in [-0.1, -0.05) is 12.1 Å². The van der Waals surface area contributed by atoms with Crippen LogP contribution in [0.1, 0.15) is 5.56 Å². The minimum atomic E-state index is 0.0754. The van der Waals surface area contributed by atoms with E-state index in [2.05, 4.69) is 37.9 Å². The molecule has 0 unspecified atom stereocenters. The number of fused-ring (bicyclic) bond motifs is 1. The number of thiophene rings is 1. The van der Waals surface area contributed by atoms with Gasteiger partial charge in [-0.25, -0.2) is 0 Å². The van der Waals surface area contributed by atoms with Crippen LogP contribution in [0.3, 0.4) is 0 Å². The lowest BCUT2D eigenvalue weighted by atomic mass is 10.2. The number of aliphatic hydroxyl groups excluding tert-OH is 1. The molecule has 0 amide bonds. The zero-order chi connectivity index (χ0) is 9.42. The fourth-order valence-corrected chi connectivity index (χ4v) is 3.51. The van der Waals surface area contributed by atoms with Gasteiger partial charge in [-0.3, -0.25) is 0 Å². The van der Waals surface area contributed by atoms with Gasteiger partial charge in [0.1, 0.15) is 0 Å². The second-order valence-electron chi connectivity index (χ2n) is 2.67. The van der Waals surface area contributed by atoms with Crippen LogP contribution in [-0.2, 0) is 6.61 Å². The highest BCUT2D eigenvalue weighted by molar-refractivity contribution is 9.11. The van der Waals surface area contributed by atoms with Crippen LogP contribution in [0.25, 0.3) is 10.1 Å². The maximum Gasteiger partial charge on any atom is 0.0711 e. The molecular formula is C9H6Br2OS. The van der Waals surface area contributed by atoms with E-state index in [4.69, 9.17) is 5.11 Å². The molecule has 1 heterocycles. The van der Waals surface area contributed by atoms with Crippen LogP contribution in [0, 0.1) is 0 Å². The fourth-order valence-electron chi connectivity index (χ4n) is 1.20. The Hall–Kier alpha value is 0.1000. The molecule has 1 N–H and O–H groups in total. The molecule has 2 rings (SSSR count). The van der Waals surface area contributed by atoms with E-state index >= 15 is 0 Å². The molecule has 0 saturated heterocycles. The molecule has 4 heteroatoms. The average molecular weight is 322 g/mol.